The van der Waals surface area contributed by atoms with E-state index in [4.69, 9.17) is 0 Å². The quantitative estimate of drug-likeness (QED) is 0.838. The van der Waals surface area contributed by atoms with Crippen molar-refractivity contribution in [1.29, 1.82) is 0 Å². The number of piperidine rings is 1. The van der Waals surface area contributed by atoms with Gasteiger partial charge in [-0.05, 0) is 50.4 Å². The fourth-order valence-electron chi connectivity index (χ4n) is 4.97. The molecule has 2 saturated heterocycles. The Bertz CT molecular complexity index is 388. The molecule has 2 heterocycles. The first-order valence-corrected chi connectivity index (χ1v) is 8.91. The first-order valence-electron chi connectivity index (χ1n) is 8.91. The second kappa shape index (κ2) is 5.54. The third kappa shape index (κ3) is 2.61. The van der Waals surface area contributed by atoms with E-state index in [0.29, 0.717) is 17.9 Å². The number of rotatable bonds is 2. The Kier molecular flexibility index (Phi) is 3.70. The van der Waals surface area contributed by atoms with E-state index >= 15 is 0 Å². The van der Waals surface area contributed by atoms with Crippen molar-refractivity contribution in [3.63, 3.8) is 0 Å². The molecule has 0 aromatic heterocycles. The summed E-state index contributed by atoms with van der Waals surface area (Å²) in [7, 11) is 0. The fraction of sp³-hybridized carbons (Fsp3) is 0.941. The fourth-order valence-corrected chi connectivity index (χ4v) is 4.97. The first-order chi connectivity index (χ1) is 10.2. The molecule has 2 aliphatic carbocycles. The van der Waals surface area contributed by atoms with E-state index in [-0.39, 0.29) is 6.10 Å². The van der Waals surface area contributed by atoms with Crippen LogP contribution in [0.25, 0.3) is 0 Å². The predicted molar refractivity (Wildman–Crippen MR) is 80.7 cm³/mol. The standard InChI is InChI=1S/C17H28N2O2/c20-16-8-13-10-19(11-14(13)9-16)15-4-6-18(7-5-15)17(21)12-2-1-3-12/h12-16,20H,1-11H2/t13-,14+,16?. The van der Waals surface area contributed by atoms with E-state index in [1.54, 1.807) is 0 Å². The highest BCUT2D eigenvalue weighted by Gasteiger charge is 2.43. The van der Waals surface area contributed by atoms with Crippen LogP contribution in [0.1, 0.15) is 44.9 Å². The Balaban J connectivity index is 1.27. The van der Waals surface area contributed by atoms with Crippen molar-refractivity contribution in [1.82, 2.24) is 9.80 Å². The average molecular weight is 292 g/mol. The van der Waals surface area contributed by atoms with Crippen molar-refractivity contribution < 1.29 is 9.90 Å². The highest BCUT2D eigenvalue weighted by Crippen LogP contribution is 2.40. The highest BCUT2D eigenvalue weighted by molar-refractivity contribution is 5.79. The number of fused-ring (bicyclic) bond motifs is 1. The van der Waals surface area contributed by atoms with Crippen LogP contribution in [0.4, 0.5) is 0 Å². The zero-order valence-electron chi connectivity index (χ0n) is 12.9. The maximum atomic E-state index is 12.3. The minimum absolute atomic E-state index is 0.0379. The molecule has 1 N–H and O–H groups in total. The zero-order valence-corrected chi connectivity index (χ0v) is 12.9. The van der Waals surface area contributed by atoms with Crippen LogP contribution in [0.2, 0.25) is 0 Å². The van der Waals surface area contributed by atoms with Gasteiger partial charge in [0.05, 0.1) is 6.10 Å². The summed E-state index contributed by atoms with van der Waals surface area (Å²) < 4.78 is 0. The second-order valence-corrected chi connectivity index (χ2v) is 7.78. The lowest BCUT2D eigenvalue weighted by Crippen LogP contribution is -2.48. The van der Waals surface area contributed by atoms with Gasteiger partial charge in [-0.2, -0.15) is 0 Å². The van der Waals surface area contributed by atoms with Gasteiger partial charge in [0, 0.05) is 38.1 Å². The van der Waals surface area contributed by atoms with Crippen LogP contribution in [0.5, 0.6) is 0 Å². The zero-order chi connectivity index (χ0) is 14.4. The van der Waals surface area contributed by atoms with Gasteiger partial charge in [0.25, 0.3) is 0 Å². The van der Waals surface area contributed by atoms with Crippen molar-refractivity contribution >= 4 is 5.91 Å². The molecule has 4 fully saturated rings. The largest absolute Gasteiger partial charge is 0.393 e. The van der Waals surface area contributed by atoms with Crippen LogP contribution in [0.3, 0.4) is 0 Å². The molecule has 0 radical (unpaired) electrons. The van der Waals surface area contributed by atoms with Crippen molar-refractivity contribution in [3.8, 4) is 0 Å². The average Bonchev–Trinajstić information content (AvgIpc) is 2.94. The van der Waals surface area contributed by atoms with E-state index in [0.717, 1.165) is 63.5 Å². The molecular formula is C17H28N2O2. The number of amides is 1. The van der Waals surface area contributed by atoms with Crippen LogP contribution in [-0.2, 0) is 4.79 Å². The Hall–Kier alpha value is -0.610. The third-order valence-corrected chi connectivity index (χ3v) is 6.50. The molecule has 0 aromatic carbocycles. The van der Waals surface area contributed by atoms with Gasteiger partial charge in [-0.1, -0.05) is 6.42 Å². The van der Waals surface area contributed by atoms with Gasteiger partial charge in [0.2, 0.25) is 5.91 Å². The van der Waals surface area contributed by atoms with Crippen molar-refractivity contribution in [2.75, 3.05) is 26.2 Å². The number of aliphatic hydroxyl groups is 1. The summed E-state index contributed by atoms with van der Waals surface area (Å²) in [5, 5.41) is 9.75. The lowest BCUT2D eigenvalue weighted by atomic mass is 9.84. The summed E-state index contributed by atoms with van der Waals surface area (Å²) in [6.07, 6.45) is 7.79. The number of carbonyl (C=O) groups is 1. The van der Waals surface area contributed by atoms with Gasteiger partial charge >= 0.3 is 0 Å². The molecule has 1 amide bonds. The lowest BCUT2D eigenvalue weighted by Gasteiger charge is -2.39. The highest BCUT2D eigenvalue weighted by atomic mass is 16.3. The Labute approximate surface area is 127 Å². The predicted octanol–water partition coefficient (Wildman–Crippen LogP) is 1.48. The molecule has 0 bridgehead atoms. The van der Waals surface area contributed by atoms with Crippen LogP contribution in [-0.4, -0.2) is 59.1 Å². The van der Waals surface area contributed by atoms with E-state index in [1.165, 1.54) is 19.5 Å². The first kappa shape index (κ1) is 14.0. The number of hydrogen-bond donors (Lipinski definition) is 1. The molecule has 2 aliphatic heterocycles. The smallest absolute Gasteiger partial charge is 0.225 e. The molecule has 2 saturated carbocycles. The normalized spacial score (nSPS) is 38.5. The van der Waals surface area contributed by atoms with Crippen molar-refractivity contribution in [3.05, 3.63) is 0 Å². The molecule has 4 aliphatic rings. The van der Waals surface area contributed by atoms with Gasteiger partial charge < -0.3 is 10.0 Å². The number of nitrogens with zero attached hydrogens (tertiary/aromatic N) is 2. The molecule has 21 heavy (non-hydrogen) atoms. The number of aliphatic hydroxyl groups excluding tert-OH is 1. The minimum Gasteiger partial charge on any atom is -0.393 e. The van der Waals surface area contributed by atoms with Crippen LogP contribution >= 0.6 is 0 Å². The maximum absolute atomic E-state index is 12.3. The van der Waals surface area contributed by atoms with Gasteiger partial charge in [-0.25, -0.2) is 0 Å². The van der Waals surface area contributed by atoms with Crippen LogP contribution in [0, 0.1) is 17.8 Å². The summed E-state index contributed by atoms with van der Waals surface area (Å²) in [6.45, 7) is 4.30. The monoisotopic (exact) mass is 292 g/mol. The summed E-state index contributed by atoms with van der Waals surface area (Å²) in [5.41, 5.74) is 0. The third-order valence-electron chi connectivity index (χ3n) is 6.50. The van der Waals surface area contributed by atoms with E-state index in [9.17, 15) is 9.90 Å². The number of carbonyl (C=O) groups excluding carboxylic acids is 1. The van der Waals surface area contributed by atoms with Gasteiger partial charge in [-0.3, -0.25) is 9.69 Å². The molecule has 0 aromatic rings. The van der Waals surface area contributed by atoms with Crippen LogP contribution in [0.15, 0.2) is 0 Å². The van der Waals surface area contributed by atoms with Gasteiger partial charge in [0.1, 0.15) is 0 Å². The Morgan fingerprint density at radius 1 is 0.952 bits per heavy atom. The van der Waals surface area contributed by atoms with Crippen molar-refractivity contribution in [2.24, 2.45) is 17.8 Å². The van der Waals surface area contributed by atoms with Gasteiger partial charge in [0.15, 0.2) is 0 Å². The van der Waals surface area contributed by atoms with E-state index in [1.807, 2.05) is 0 Å². The molecule has 3 atom stereocenters. The molecule has 4 rings (SSSR count). The van der Waals surface area contributed by atoms with E-state index in [2.05, 4.69) is 9.80 Å². The summed E-state index contributed by atoms with van der Waals surface area (Å²) >= 11 is 0. The summed E-state index contributed by atoms with van der Waals surface area (Å²) in [4.78, 5) is 17.1. The molecule has 4 heteroatoms. The molecule has 1 unspecified atom stereocenters. The molecule has 118 valence electrons. The molecule has 4 nitrogen and oxygen atoms in total. The Morgan fingerprint density at radius 3 is 2.10 bits per heavy atom. The van der Waals surface area contributed by atoms with Crippen molar-refractivity contribution in [2.45, 2.75) is 57.1 Å². The summed E-state index contributed by atoms with van der Waals surface area (Å²) in [5.74, 6) is 2.25. The molecule has 0 spiro atoms. The SMILES string of the molecule is O=C(C1CCC1)N1CCC(N2C[C@H]3CC(O)C[C@H]3C2)CC1. The number of likely N-dealkylation sites (tertiary alicyclic amines) is 2. The maximum Gasteiger partial charge on any atom is 0.225 e. The van der Waals surface area contributed by atoms with Gasteiger partial charge in [-0.15, -0.1) is 0 Å². The second-order valence-electron chi connectivity index (χ2n) is 7.78. The van der Waals surface area contributed by atoms with E-state index < -0.39 is 0 Å². The molecular weight excluding hydrogens is 264 g/mol. The minimum atomic E-state index is -0.0379. The topological polar surface area (TPSA) is 43.8 Å². The lowest BCUT2D eigenvalue weighted by molar-refractivity contribution is -0.139. The summed E-state index contributed by atoms with van der Waals surface area (Å²) in [6, 6.07) is 0.679. The Morgan fingerprint density at radius 2 is 1.57 bits per heavy atom. The van der Waals surface area contributed by atoms with Crippen LogP contribution < -0.4 is 0 Å². The number of hydrogen-bond acceptors (Lipinski definition) is 3.